The first-order valence-electron chi connectivity index (χ1n) is 8.39. The van der Waals surface area contributed by atoms with Crippen LogP contribution in [0.4, 0.5) is 13.2 Å². The number of rotatable bonds is 4. The fourth-order valence-electron chi connectivity index (χ4n) is 2.86. The summed E-state index contributed by atoms with van der Waals surface area (Å²) in [6.07, 6.45) is -3.18. The molecule has 0 bridgehead atoms. The second kappa shape index (κ2) is 8.16. The summed E-state index contributed by atoms with van der Waals surface area (Å²) in [6, 6.07) is 7.10. The van der Waals surface area contributed by atoms with E-state index in [0.29, 0.717) is 15.9 Å². The van der Waals surface area contributed by atoms with Gasteiger partial charge in [0.15, 0.2) is 0 Å². The van der Waals surface area contributed by atoms with Crippen LogP contribution in [0, 0.1) is 13.8 Å². The van der Waals surface area contributed by atoms with Crippen molar-refractivity contribution in [1.82, 2.24) is 20.1 Å². The van der Waals surface area contributed by atoms with Crippen molar-refractivity contribution in [1.29, 1.82) is 0 Å². The minimum atomic E-state index is -4.60. The number of amides is 1. The summed E-state index contributed by atoms with van der Waals surface area (Å²) in [5.41, 5.74) is 0.850. The van der Waals surface area contributed by atoms with E-state index in [-0.39, 0.29) is 28.5 Å². The Morgan fingerprint density at radius 1 is 1.24 bits per heavy atom. The van der Waals surface area contributed by atoms with Crippen LogP contribution in [-0.4, -0.2) is 20.7 Å². The van der Waals surface area contributed by atoms with Crippen molar-refractivity contribution in [3.05, 3.63) is 74.2 Å². The van der Waals surface area contributed by atoms with Gasteiger partial charge in [0.05, 0.1) is 22.5 Å². The van der Waals surface area contributed by atoms with Crippen LogP contribution in [0.5, 0.6) is 0 Å². The smallest absolute Gasteiger partial charge is 0.348 e. The quantitative estimate of drug-likeness (QED) is 0.512. The Morgan fingerprint density at radius 2 is 1.97 bits per heavy atom. The number of aryl methyl sites for hydroxylation is 2. The molecule has 0 saturated heterocycles. The van der Waals surface area contributed by atoms with E-state index in [4.69, 9.17) is 11.6 Å². The molecule has 0 spiro atoms. The molecular formula is C19H15BrClF3N4O. The molecule has 0 aliphatic carbocycles. The van der Waals surface area contributed by atoms with Gasteiger partial charge >= 0.3 is 6.18 Å². The fourth-order valence-corrected chi connectivity index (χ4v) is 3.38. The average molecular weight is 488 g/mol. The van der Waals surface area contributed by atoms with Gasteiger partial charge in [-0.25, -0.2) is 9.67 Å². The molecule has 29 heavy (non-hydrogen) atoms. The van der Waals surface area contributed by atoms with E-state index in [9.17, 15) is 18.0 Å². The molecule has 2 aromatic heterocycles. The van der Waals surface area contributed by atoms with Crippen LogP contribution in [0.2, 0.25) is 5.15 Å². The maximum atomic E-state index is 13.6. The van der Waals surface area contributed by atoms with Crippen LogP contribution in [0.1, 0.15) is 32.9 Å². The fraction of sp³-hybridized carbons (Fsp3) is 0.211. The van der Waals surface area contributed by atoms with Crippen LogP contribution in [0.25, 0.3) is 5.69 Å². The number of halogens is 5. The standard InChI is InChI=1S/C19H15BrClF3N4O/c1-10-5-11(2)28(27-10)14-4-3-12(16(7-14)19(22,23)24)8-26-18(29)15-6-13(20)9-25-17(15)21/h3-7,9H,8H2,1-2H3,(H,26,29). The van der Waals surface area contributed by atoms with Crippen LogP contribution in [0.15, 0.2) is 41.0 Å². The second-order valence-corrected chi connectivity index (χ2v) is 7.63. The molecule has 0 unspecified atom stereocenters. The summed E-state index contributed by atoms with van der Waals surface area (Å²) < 4.78 is 42.9. The largest absolute Gasteiger partial charge is 0.416 e. The molecule has 3 rings (SSSR count). The summed E-state index contributed by atoms with van der Waals surface area (Å²) in [4.78, 5) is 16.2. The molecule has 1 N–H and O–H groups in total. The Labute approximate surface area is 178 Å². The number of benzene rings is 1. The molecule has 0 aliphatic rings. The minimum Gasteiger partial charge on any atom is -0.348 e. The Kier molecular flexibility index (Phi) is 6.00. The zero-order valence-corrected chi connectivity index (χ0v) is 17.7. The van der Waals surface area contributed by atoms with Gasteiger partial charge in [0.1, 0.15) is 5.15 Å². The third-order valence-electron chi connectivity index (χ3n) is 4.14. The lowest BCUT2D eigenvalue weighted by molar-refractivity contribution is -0.138. The number of carbonyl (C=O) groups is 1. The molecule has 10 heteroatoms. The predicted octanol–water partition coefficient (Wildman–Crippen LogP) is 5.25. The van der Waals surface area contributed by atoms with E-state index in [0.717, 1.165) is 6.07 Å². The summed E-state index contributed by atoms with van der Waals surface area (Å²) in [7, 11) is 0. The van der Waals surface area contributed by atoms with Gasteiger partial charge in [0.2, 0.25) is 0 Å². The Balaban J connectivity index is 1.90. The summed E-state index contributed by atoms with van der Waals surface area (Å²) >= 11 is 9.08. The van der Waals surface area contributed by atoms with Crippen molar-refractivity contribution in [2.75, 3.05) is 0 Å². The number of aromatic nitrogens is 3. The van der Waals surface area contributed by atoms with E-state index < -0.39 is 17.6 Å². The molecule has 5 nitrogen and oxygen atoms in total. The Hall–Kier alpha value is -2.39. The molecule has 1 aromatic carbocycles. The van der Waals surface area contributed by atoms with Gasteiger partial charge in [-0.1, -0.05) is 17.7 Å². The predicted molar refractivity (Wildman–Crippen MR) is 106 cm³/mol. The van der Waals surface area contributed by atoms with Crippen molar-refractivity contribution in [3.63, 3.8) is 0 Å². The summed E-state index contributed by atoms with van der Waals surface area (Å²) in [5.74, 6) is -0.625. The number of hydrogen-bond donors (Lipinski definition) is 1. The van der Waals surface area contributed by atoms with Crippen LogP contribution in [-0.2, 0) is 12.7 Å². The number of pyridine rings is 1. The molecule has 1 amide bonds. The molecule has 0 radical (unpaired) electrons. The number of carbonyl (C=O) groups excluding carboxylic acids is 1. The van der Waals surface area contributed by atoms with Gasteiger partial charge in [0.25, 0.3) is 5.91 Å². The van der Waals surface area contributed by atoms with E-state index in [1.54, 1.807) is 19.9 Å². The van der Waals surface area contributed by atoms with Gasteiger partial charge in [0, 0.05) is 22.9 Å². The van der Waals surface area contributed by atoms with Crippen molar-refractivity contribution in [2.24, 2.45) is 0 Å². The van der Waals surface area contributed by atoms with Gasteiger partial charge in [-0.05, 0) is 59.6 Å². The third kappa shape index (κ3) is 4.79. The van der Waals surface area contributed by atoms with Crippen LogP contribution in [0.3, 0.4) is 0 Å². The lowest BCUT2D eigenvalue weighted by Gasteiger charge is -2.16. The SMILES string of the molecule is Cc1cc(C)n(-c2ccc(CNC(=O)c3cc(Br)cnc3Cl)c(C(F)(F)F)c2)n1. The number of alkyl halides is 3. The maximum Gasteiger partial charge on any atom is 0.416 e. The molecule has 152 valence electrons. The first kappa shape index (κ1) is 21.3. The Bertz CT molecular complexity index is 1080. The molecule has 3 aromatic rings. The van der Waals surface area contributed by atoms with Crippen molar-refractivity contribution in [2.45, 2.75) is 26.6 Å². The molecule has 0 atom stereocenters. The topological polar surface area (TPSA) is 59.8 Å². The van der Waals surface area contributed by atoms with Crippen LogP contribution >= 0.6 is 27.5 Å². The highest BCUT2D eigenvalue weighted by Gasteiger charge is 2.34. The van der Waals surface area contributed by atoms with E-state index >= 15 is 0 Å². The minimum absolute atomic E-state index is 0.0402. The highest BCUT2D eigenvalue weighted by Crippen LogP contribution is 2.34. The van der Waals surface area contributed by atoms with Crippen LogP contribution < -0.4 is 5.32 Å². The van der Waals surface area contributed by atoms with E-state index in [2.05, 4.69) is 31.3 Å². The lowest BCUT2D eigenvalue weighted by atomic mass is 10.1. The first-order chi connectivity index (χ1) is 13.6. The van der Waals surface area contributed by atoms with Gasteiger partial charge in [-0.15, -0.1) is 0 Å². The lowest BCUT2D eigenvalue weighted by Crippen LogP contribution is -2.25. The number of hydrogen-bond acceptors (Lipinski definition) is 3. The Morgan fingerprint density at radius 3 is 2.59 bits per heavy atom. The van der Waals surface area contributed by atoms with Gasteiger partial charge in [-0.3, -0.25) is 4.79 Å². The van der Waals surface area contributed by atoms with Gasteiger partial charge in [-0.2, -0.15) is 18.3 Å². The first-order valence-corrected chi connectivity index (χ1v) is 9.56. The third-order valence-corrected chi connectivity index (χ3v) is 4.88. The molecule has 0 aliphatic heterocycles. The van der Waals surface area contributed by atoms with Crippen molar-refractivity contribution < 1.29 is 18.0 Å². The summed E-state index contributed by atoms with van der Waals surface area (Å²) in [6.45, 7) is 3.20. The average Bonchev–Trinajstić information content (AvgIpc) is 2.99. The maximum absolute atomic E-state index is 13.6. The molecular weight excluding hydrogens is 473 g/mol. The normalized spacial score (nSPS) is 11.6. The van der Waals surface area contributed by atoms with E-state index in [1.165, 1.54) is 29.1 Å². The zero-order valence-electron chi connectivity index (χ0n) is 15.3. The molecule has 2 heterocycles. The number of nitrogens with one attached hydrogen (secondary N) is 1. The zero-order chi connectivity index (χ0) is 21.3. The highest BCUT2D eigenvalue weighted by molar-refractivity contribution is 9.10. The van der Waals surface area contributed by atoms with E-state index in [1.807, 2.05) is 0 Å². The number of nitrogens with zero attached hydrogens (tertiary/aromatic N) is 3. The van der Waals surface area contributed by atoms with Gasteiger partial charge < -0.3 is 5.32 Å². The molecule has 0 fully saturated rings. The summed E-state index contributed by atoms with van der Waals surface area (Å²) in [5, 5.41) is 6.64. The molecule has 0 saturated carbocycles. The monoisotopic (exact) mass is 486 g/mol. The van der Waals surface area contributed by atoms with Crippen molar-refractivity contribution >= 4 is 33.4 Å². The highest BCUT2D eigenvalue weighted by atomic mass is 79.9. The van der Waals surface area contributed by atoms with Crippen molar-refractivity contribution in [3.8, 4) is 5.69 Å². The second-order valence-electron chi connectivity index (χ2n) is 6.35.